The summed E-state index contributed by atoms with van der Waals surface area (Å²) in [4.78, 5) is 37.2. The van der Waals surface area contributed by atoms with E-state index in [4.69, 9.17) is 16.6 Å². The number of nitrogens with one attached hydrogen (secondary N) is 2. The molecule has 0 unspecified atom stereocenters. The number of halogens is 1. The molecule has 1 aliphatic heterocycles. The molecule has 0 radical (unpaired) electrons. The van der Waals surface area contributed by atoms with Crippen molar-refractivity contribution in [2.75, 3.05) is 16.5 Å². The number of sulfonamides is 1. The monoisotopic (exact) mass is 570 g/mol. The molecule has 4 aromatic rings. The molecule has 204 valence electrons. The smallest absolute Gasteiger partial charge is 0.285 e. The molecule has 14 heteroatoms. The van der Waals surface area contributed by atoms with Gasteiger partial charge in [-0.2, -0.15) is 5.10 Å². The highest BCUT2D eigenvalue weighted by Gasteiger charge is 2.27. The van der Waals surface area contributed by atoms with Gasteiger partial charge >= 0.3 is 0 Å². The van der Waals surface area contributed by atoms with E-state index in [1.54, 1.807) is 17.7 Å². The lowest BCUT2D eigenvalue weighted by Gasteiger charge is -2.23. The van der Waals surface area contributed by atoms with Gasteiger partial charge < -0.3 is 10.2 Å². The van der Waals surface area contributed by atoms with Crippen LogP contribution in [0, 0.1) is 6.92 Å². The van der Waals surface area contributed by atoms with Crippen molar-refractivity contribution in [3.05, 3.63) is 74.0 Å². The summed E-state index contributed by atoms with van der Waals surface area (Å²) in [6, 6.07) is 6.33. The van der Waals surface area contributed by atoms with Gasteiger partial charge in [0.05, 0.1) is 47.3 Å². The topological polar surface area (TPSA) is 144 Å². The van der Waals surface area contributed by atoms with Crippen LogP contribution in [0.2, 0.25) is 5.15 Å². The zero-order chi connectivity index (χ0) is 28.2. The maximum atomic E-state index is 13.5. The van der Waals surface area contributed by atoms with E-state index in [1.165, 1.54) is 6.07 Å². The summed E-state index contributed by atoms with van der Waals surface area (Å²) in [5, 5.41) is 8.03. The Morgan fingerprint density at radius 2 is 1.90 bits per heavy atom. The lowest BCUT2D eigenvalue weighted by atomic mass is 10.0. The summed E-state index contributed by atoms with van der Waals surface area (Å²) in [5.74, 6) is -0.386. The maximum absolute atomic E-state index is 13.5. The number of hydrogen-bond donors (Lipinski definition) is 2. The number of pyridine rings is 1. The Morgan fingerprint density at radius 1 is 1.15 bits per heavy atom. The zero-order valence-corrected chi connectivity index (χ0v) is 23.6. The fourth-order valence-electron chi connectivity index (χ4n) is 4.83. The van der Waals surface area contributed by atoms with E-state index in [-0.39, 0.29) is 22.1 Å². The van der Waals surface area contributed by atoms with Crippen LogP contribution in [0.25, 0.3) is 10.9 Å². The highest BCUT2D eigenvalue weighted by Crippen LogP contribution is 2.31. The van der Waals surface area contributed by atoms with Gasteiger partial charge in [0.25, 0.3) is 11.5 Å². The van der Waals surface area contributed by atoms with Crippen molar-refractivity contribution >= 4 is 50.1 Å². The number of fused-ring (bicyclic) bond motifs is 2. The third-order valence-electron chi connectivity index (χ3n) is 6.66. The molecule has 1 aromatic carbocycles. The van der Waals surface area contributed by atoms with Crippen molar-refractivity contribution < 1.29 is 13.2 Å². The molecule has 1 amide bonds. The van der Waals surface area contributed by atoms with Crippen molar-refractivity contribution in [1.29, 1.82) is 0 Å². The number of aromatic nitrogens is 5. The average Bonchev–Trinajstić information content (AvgIpc) is 3.43. The number of benzene rings is 1. The molecule has 0 spiro atoms. The summed E-state index contributed by atoms with van der Waals surface area (Å²) < 4.78 is 28.6. The van der Waals surface area contributed by atoms with Crippen LogP contribution in [-0.2, 0) is 37.2 Å². The molecular formula is C25H27ClN8O4S. The number of carbonyl (C=O) groups is 1. The first kappa shape index (κ1) is 26.6. The number of aryl methyl sites for hydroxylation is 2. The molecule has 12 nitrogen and oxygen atoms in total. The van der Waals surface area contributed by atoms with E-state index in [0.717, 1.165) is 28.6 Å². The highest BCUT2D eigenvalue weighted by atomic mass is 35.5. The van der Waals surface area contributed by atoms with E-state index >= 15 is 0 Å². The number of amides is 1. The second-order valence-corrected chi connectivity index (χ2v) is 11.9. The number of hydrogen-bond acceptors (Lipinski definition) is 9. The Kier molecular flexibility index (Phi) is 6.59. The summed E-state index contributed by atoms with van der Waals surface area (Å²) in [5.41, 5.74) is 4.19. The lowest BCUT2D eigenvalue weighted by Crippen LogP contribution is -2.31. The largest absolute Gasteiger partial charge is 0.377 e. The molecule has 2 N–H and O–H groups in total. The quantitative estimate of drug-likeness (QED) is 0.334. The zero-order valence-electron chi connectivity index (χ0n) is 22.0. The molecule has 0 aliphatic carbocycles. The fraction of sp³-hybridized carbons (Fsp3) is 0.320. The van der Waals surface area contributed by atoms with Gasteiger partial charge in [-0.3, -0.25) is 18.8 Å². The van der Waals surface area contributed by atoms with Crippen molar-refractivity contribution in [2.45, 2.75) is 33.0 Å². The van der Waals surface area contributed by atoms with Crippen molar-refractivity contribution in [3.63, 3.8) is 0 Å². The number of carbonyl (C=O) groups excluding carboxylic acids is 1. The van der Waals surface area contributed by atoms with Gasteiger partial charge in [-0.1, -0.05) is 17.7 Å². The van der Waals surface area contributed by atoms with Crippen LogP contribution in [0.1, 0.15) is 45.8 Å². The van der Waals surface area contributed by atoms with Gasteiger partial charge in [-0.25, -0.2) is 23.1 Å². The Labute approximate surface area is 229 Å². The van der Waals surface area contributed by atoms with Crippen LogP contribution in [0.4, 0.5) is 11.6 Å². The minimum absolute atomic E-state index is 0.0319. The standard InChI is InChI=1S/C25H27ClN8O4S/c1-13-8-16(14(2)28-18-6-7-20(26)29-22(18)23(35)31-39(5,37)38)21-17(9-13)24(36)32(3)25(30-21)34-11-15-10-27-33(4)19(15)12-34/h6-10,14,28H,11-12H2,1-5H3,(H,31,35)/t14-/m1/s1. The molecule has 4 heterocycles. The molecule has 1 atom stereocenters. The second kappa shape index (κ2) is 9.65. The second-order valence-electron chi connectivity index (χ2n) is 9.72. The van der Waals surface area contributed by atoms with Gasteiger partial charge in [0.1, 0.15) is 5.15 Å². The molecule has 5 rings (SSSR count). The Hall–Kier alpha value is -3.97. The van der Waals surface area contributed by atoms with Gasteiger partial charge in [0, 0.05) is 31.8 Å². The first-order valence-electron chi connectivity index (χ1n) is 12.0. The van der Waals surface area contributed by atoms with E-state index in [1.807, 2.05) is 53.5 Å². The van der Waals surface area contributed by atoms with Crippen LogP contribution < -0.4 is 20.5 Å². The van der Waals surface area contributed by atoms with Crippen LogP contribution in [0.5, 0.6) is 0 Å². The van der Waals surface area contributed by atoms with Gasteiger partial charge in [-0.05, 0) is 37.6 Å². The van der Waals surface area contributed by atoms with E-state index in [0.29, 0.717) is 29.9 Å². The molecule has 3 aromatic heterocycles. The number of anilines is 2. The number of rotatable bonds is 6. The summed E-state index contributed by atoms with van der Waals surface area (Å²) >= 11 is 6.01. The predicted molar refractivity (Wildman–Crippen MR) is 148 cm³/mol. The summed E-state index contributed by atoms with van der Waals surface area (Å²) in [6.45, 7) is 4.90. The summed E-state index contributed by atoms with van der Waals surface area (Å²) in [6.07, 6.45) is 2.70. The first-order chi connectivity index (χ1) is 18.3. The van der Waals surface area contributed by atoms with Crippen LogP contribution in [0.3, 0.4) is 0 Å². The van der Waals surface area contributed by atoms with Crippen LogP contribution >= 0.6 is 11.6 Å². The van der Waals surface area contributed by atoms with Crippen LogP contribution in [-0.4, -0.2) is 44.9 Å². The number of nitrogens with zero attached hydrogens (tertiary/aromatic N) is 6. The van der Waals surface area contributed by atoms with Gasteiger partial charge in [0.15, 0.2) is 5.69 Å². The molecule has 0 saturated carbocycles. The molecule has 0 bridgehead atoms. The van der Waals surface area contributed by atoms with E-state index in [2.05, 4.69) is 15.4 Å². The Morgan fingerprint density at radius 3 is 2.59 bits per heavy atom. The molecule has 1 aliphatic rings. The lowest BCUT2D eigenvalue weighted by molar-refractivity contribution is 0.0977. The fourth-order valence-corrected chi connectivity index (χ4v) is 5.42. The van der Waals surface area contributed by atoms with Crippen molar-refractivity contribution in [2.24, 2.45) is 14.1 Å². The molecular weight excluding hydrogens is 544 g/mol. The summed E-state index contributed by atoms with van der Waals surface area (Å²) in [7, 11) is -0.226. The third-order valence-corrected chi connectivity index (χ3v) is 7.42. The maximum Gasteiger partial charge on any atom is 0.285 e. The third kappa shape index (κ3) is 5.06. The molecule has 39 heavy (non-hydrogen) atoms. The van der Waals surface area contributed by atoms with Crippen LogP contribution in [0.15, 0.2) is 35.3 Å². The highest BCUT2D eigenvalue weighted by molar-refractivity contribution is 7.89. The molecule has 0 fully saturated rings. The van der Waals surface area contributed by atoms with Crippen molar-refractivity contribution in [1.82, 2.24) is 29.0 Å². The molecule has 0 saturated heterocycles. The van der Waals surface area contributed by atoms with Gasteiger partial charge in [0.2, 0.25) is 16.0 Å². The minimum atomic E-state index is -3.82. The van der Waals surface area contributed by atoms with Gasteiger partial charge in [-0.15, -0.1) is 0 Å². The Balaban J connectivity index is 1.57. The average molecular weight is 571 g/mol. The predicted octanol–water partition coefficient (Wildman–Crippen LogP) is 2.41. The first-order valence-corrected chi connectivity index (χ1v) is 14.3. The van der Waals surface area contributed by atoms with E-state index < -0.39 is 22.0 Å². The normalized spacial score (nSPS) is 13.9. The SMILES string of the molecule is Cc1cc([C@@H](C)Nc2ccc(Cl)nc2C(=O)NS(C)(=O)=O)c2nc(N3Cc4cnn(C)c4C3)n(C)c(=O)c2c1. The van der Waals surface area contributed by atoms with Crippen molar-refractivity contribution in [3.8, 4) is 0 Å². The minimum Gasteiger partial charge on any atom is -0.377 e. The Bertz CT molecular complexity index is 1820. The van der Waals surface area contributed by atoms with E-state index in [9.17, 15) is 18.0 Å².